The van der Waals surface area contributed by atoms with Crippen molar-refractivity contribution in [1.82, 2.24) is 23.3 Å². The van der Waals surface area contributed by atoms with Gasteiger partial charge in [-0.2, -0.15) is 18.2 Å². The molecule has 0 aliphatic heterocycles. The summed E-state index contributed by atoms with van der Waals surface area (Å²) in [6.45, 7) is 0. The topological polar surface area (TPSA) is 45.7 Å². The van der Waals surface area contributed by atoms with Gasteiger partial charge in [-0.05, 0) is 59.6 Å². The van der Waals surface area contributed by atoms with E-state index in [1.54, 1.807) is 0 Å². The molecule has 0 spiro atoms. The molecule has 0 fully saturated rings. The minimum Gasteiger partial charge on any atom is -0.510 e. The van der Waals surface area contributed by atoms with E-state index in [0.29, 0.717) is 11.5 Å². The van der Waals surface area contributed by atoms with Crippen molar-refractivity contribution in [1.29, 1.82) is 0 Å². The average molecular weight is 990 g/mol. The normalized spacial score (nSPS) is 11.8. The third-order valence-electron chi connectivity index (χ3n) is 12.2. The Labute approximate surface area is 376 Å². The van der Waals surface area contributed by atoms with Crippen LogP contribution in [-0.2, 0) is 28.1 Å². The second-order valence-electron chi connectivity index (χ2n) is 15.6. The molecule has 8 heteroatoms. The van der Waals surface area contributed by atoms with Crippen LogP contribution >= 0.6 is 0 Å². The monoisotopic (exact) mass is 989 g/mol. The molecule has 302 valence electrons. The van der Waals surface area contributed by atoms with E-state index in [1.165, 1.54) is 21.8 Å². The van der Waals surface area contributed by atoms with E-state index < -0.39 is 0 Å². The van der Waals surface area contributed by atoms with Crippen LogP contribution in [0.1, 0.15) is 0 Å². The Morgan fingerprint density at radius 3 is 1.92 bits per heavy atom. The zero-order valence-electron chi connectivity index (χ0n) is 33.8. The fraction of sp³-hybridized carbons (Fsp3) is 0.0182. The van der Waals surface area contributed by atoms with Crippen LogP contribution in [0.3, 0.4) is 0 Å². The van der Waals surface area contributed by atoms with Crippen LogP contribution in [0, 0.1) is 18.5 Å². The first-order chi connectivity index (χ1) is 30.7. The summed E-state index contributed by atoms with van der Waals surface area (Å²) in [4.78, 5) is 5.00. The number of imidazole rings is 1. The van der Waals surface area contributed by atoms with Crippen LogP contribution in [0.5, 0.6) is 11.5 Å². The number of fused-ring (bicyclic) bond motifs is 13. The number of benzene rings is 8. The van der Waals surface area contributed by atoms with Gasteiger partial charge in [0.1, 0.15) is 5.82 Å². The van der Waals surface area contributed by atoms with E-state index >= 15 is 0 Å². The third kappa shape index (κ3) is 5.49. The number of hydrogen-bond acceptors (Lipinski definition) is 2. The van der Waals surface area contributed by atoms with Gasteiger partial charge in [0.2, 0.25) is 0 Å². The van der Waals surface area contributed by atoms with E-state index in [0.717, 1.165) is 77.5 Å². The number of ether oxygens (including phenoxy) is 1. The van der Waals surface area contributed by atoms with Crippen LogP contribution in [0.25, 0.3) is 99.3 Å². The number of para-hydroxylation sites is 6. The Morgan fingerprint density at radius 2 is 1.14 bits per heavy atom. The summed E-state index contributed by atoms with van der Waals surface area (Å²) >= 11 is 0. The standard InChI is InChI=1S/C55H34N6O.Pt/c1-57-44-25-10-8-23-41(44)51-50-43-31-30-40(62-39-22-16-21-38(33-39)59-35-58(36-17-4-2-5-18-36)46-27-12-13-28-47(46)59)34-48(43)61(49-29-14-15-32-56-49)53(50)52-42-24-9-11-26-45(42)60(55(52)54(51)57)37-19-6-3-7-20-37;/h2-32H,1H3;/q-2;. The van der Waals surface area contributed by atoms with Crippen molar-refractivity contribution < 1.29 is 30.4 Å². The van der Waals surface area contributed by atoms with E-state index in [9.17, 15) is 0 Å². The minimum atomic E-state index is 0. The van der Waals surface area contributed by atoms with Crippen molar-refractivity contribution in [3.63, 3.8) is 0 Å². The summed E-state index contributed by atoms with van der Waals surface area (Å²) in [6.07, 6.45) is 5.43. The van der Waals surface area contributed by atoms with E-state index in [2.05, 4.69) is 165 Å². The molecule has 7 nitrogen and oxygen atoms in total. The van der Waals surface area contributed by atoms with Gasteiger partial charge >= 0.3 is 0 Å². The van der Waals surface area contributed by atoms with Gasteiger partial charge in [-0.3, -0.25) is 4.57 Å². The van der Waals surface area contributed by atoms with Crippen molar-refractivity contribution in [2.24, 2.45) is 7.05 Å². The maximum Gasteiger partial charge on any atom is 0.268 e. The second-order valence-corrected chi connectivity index (χ2v) is 15.6. The van der Waals surface area contributed by atoms with Crippen LogP contribution < -0.4 is 9.30 Å². The number of pyridine rings is 1. The molecule has 0 bridgehead atoms. The molecule has 5 heterocycles. The maximum atomic E-state index is 6.73. The van der Waals surface area contributed by atoms with Gasteiger partial charge < -0.3 is 23.0 Å². The van der Waals surface area contributed by atoms with Crippen molar-refractivity contribution >= 4 is 76.5 Å². The third-order valence-corrected chi connectivity index (χ3v) is 12.2. The molecular weight excluding hydrogens is 956 g/mol. The summed E-state index contributed by atoms with van der Waals surface area (Å²) in [6, 6.07) is 70.4. The summed E-state index contributed by atoms with van der Waals surface area (Å²) in [5, 5.41) is 6.91. The predicted octanol–water partition coefficient (Wildman–Crippen LogP) is 12.3. The molecule has 0 N–H and O–H groups in total. The minimum absolute atomic E-state index is 0. The first-order valence-electron chi connectivity index (χ1n) is 20.7. The van der Waals surface area contributed by atoms with Crippen molar-refractivity contribution in [2.75, 3.05) is 0 Å². The Hall–Kier alpha value is -7.73. The number of nitrogens with zero attached hydrogens (tertiary/aromatic N) is 6. The van der Waals surface area contributed by atoms with Gasteiger partial charge in [0.15, 0.2) is 0 Å². The Kier molecular flexibility index (Phi) is 8.50. The molecule has 0 radical (unpaired) electrons. The molecule has 13 rings (SSSR count). The quantitative estimate of drug-likeness (QED) is 0.123. The molecular formula is C55H34N6OPt-2. The zero-order valence-corrected chi connectivity index (χ0v) is 36.1. The van der Waals surface area contributed by atoms with Crippen LogP contribution in [0.2, 0.25) is 0 Å². The van der Waals surface area contributed by atoms with Crippen LogP contribution in [0.15, 0.2) is 188 Å². The number of rotatable bonds is 6. The summed E-state index contributed by atoms with van der Waals surface area (Å²) in [5.41, 5.74) is 11.6. The maximum absolute atomic E-state index is 6.73. The van der Waals surface area contributed by atoms with E-state index in [-0.39, 0.29) is 21.1 Å². The Morgan fingerprint density at radius 1 is 0.492 bits per heavy atom. The molecule has 0 saturated carbocycles. The zero-order chi connectivity index (χ0) is 40.9. The van der Waals surface area contributed by atoms with Crippen LogP contribution in [-0.4, -0.2) is 23.3 Å². The molecule has 8 aromatic carbocycles. The molecule has 0 unspecified atom stereocenters. The van der Waals surface area contributed by atoms with Crippen LogP contribution in [0.4, 0.5) is 0 Å². The van der Waals surface area contributed by atoms with E-state index in [4.69, 9.17) is 9.72 Å². The van der Waals surface area contributed by atoms with Gasteiger partial charge in [0, 0.05) is 78.6 Å². The number of aryl methyl sites for hydroxylation is 1. The van der Waals surface area contributed by atoms with Gasteiger partial charge in [0.25, 0.3) is 6.33 Å². The molecule has 0 aliphatic carbocycles. The molecule has 0 amide bonds. The molecule has 0 saturated heterocycles. The van der Waals surface area contributed by atoms with Crippen molar-refractivity contribution in [3.8, 4) is 34.4 Å². The SMILES string of the molecule is Cn1c2ccccc2c2c3c4ccc(Oc5[c-]c(-[n+]6[c-]n(-c7ccccc7)c7ccccc76)ccc5)[c-]c4n(-c4ccccn4)c3c3c4ccccc4n(-c4ccccc4)c3c21.[Pt]. The Balaban J connectivity index is 0.00000421. The van der Waals surface area contributed by atoms with Crippen molar-refractivity contribution in [3.05, 3.63) is 207 Å². The van der Waals surface area contributed by atoms with E-state index in [1.807, 2.05) is 71.4 Å². The number of hydrogen-bond donors (Lipinski definition) is 0. The summed E-state index contributed by atoms with van der Waals surface area (Å²) in [5.74, 6) is 1.94. The average Bonchev–Trinajstić information content (AvgIpc) is 4.07. The first kappa shape index (κ1) is 37.1. The second kappa shape index (κ2) is 14.4. The summed E-state index contributed by atoms with van der Waals surface area (Å²) in [7, 11) is 2.19. The van der Waals surface area contributed by atoms with Gasteiger partial charge in [-0.1, -0.05) is 109 Å². The molecule has 0 aliphatic rings. The fourth-order valence-electron chi connectivity index (χ4n) is 9.68. The first-order valence-corrected chi connectivity index (χ1v) is 20.7. The van der Waals surface area contributed by atoms with Crippen molar-refractivity contribution in [2.45, 2.75) is 0 Å². The van der Waals surface area contributed by atoms with Gasteiger partial charge in [-0.25, -0.2) is 4.98 Å². The molecule has 0 atom stereocenters. The molecule has 5 aromatic heterocycles. The predicted molar refractivity (Wildman–Crippen MR) is 248 cm³/mol. The summed E-state index contributed by atoms with van der Waals surface area (Å²) < 4.78 is 17.9. The smallest absolute Gasteiger partial charge is 0.268 e. The molecule has 13 aromatic rings. The number of aromatic nitrogens is 6. The molecule has 63 heavy (non-hydrogen) atoms. The van der Waals surface area contributed by atoms with Gasteiger partial charge in [-0.15, -0.1) is 29.7 Å². The van der Waals surface area contributed by atoms with Gasteiger partial charge in [0.05, 0.1) is 38.8 Å². The largest absolute Gasteiger partial charge is 0.510 e. The Bertz CT molecular complexity index is 3900. The fourth-order valence-corrected chi connectivity index (χ4v) is 9.68.